The number of nitrogen functional groups attached to an aromatic ring is 1. The summed E-state index contributed by atoms with van der Waals surface area (Å²) in [5.41, 5.74) is 7.90. The fourth-order valence-electron chi connectivity index (χ4n) is 4.70. The quantitative estimate of drug-likeness (QED) is 0.629. The lowest BCUT2D eigenvalue weighted by Crippen LogP contribution is -2.52. The van der Waals surface area contributed by atoms with Gasteiger partial charge in [-0.1, -0.05) is 6.92 Å². The summed E-state index contributed by atoms with van der Waals surface area (Å²) in [4.78, 5) is 27.3. The minimum absolute atomic E-state index is 0.120. The maximum atomic E-state index is 15.2. The third-order valence-electron chi connectivity index (χ3n) is 6.79. The van der Waals surface area contributed by atoms with Crippen molar-refractivity contribution in [1.82, 2.24) is 19.9 Å². The van der Waals surface area contributed by atoms with E-state index >= 15 is 8.78 Å². The molecule has 2 saturated heterocycles. The van der Waals surface area contributed by atoms with Crippen LogP contribution < -0.4 is 5.73 Å². The van der Waals surface area contributed by atoms with Crippen LogP contribution in [0, 0.1) is 17.0 Å². The number of piperidine rings is 1. The second-order valence-electron chi connectivity index (χ2n) is 8.97. The van der Waals surface area contributed by atoms with E-state index in [1.165, 1.54) is 11.2 Å². The summed E-state index contributed by atoms with van der Waals surface area (Å²) in [6, 6.07) is 5.74. The van der Waals surface area contributed by atoms with Gasteiger partial charge in [-0.25, -0.2) is 23.7 Å². The second-order valence-corrected chi connectivity index (χ2v) is 8.97. The van der Waals surface area contributed by atoms with Gasteiger partial charge >= 0.3 is 0 Å². The molecule has 1 spiro atoms. The van der Waals surface area contributed by atoms with Gasteiger partial charge in [-0.15, -0.1) is 0 Å². The van der Waals surface area contributed by atoms with Crippen molar-refractivity contribution in [3.05, 3.63) is 59.7 Å². The highest BCUT2D eigenvalue weighted by molar-refractivity contribution is 5.96. The van der Waals surface area contributed by atoms with Crippen LogP contribution in [0.25, 0.3) is 22.4 Å². The van der Waals surface area contributed by atoms with Crippen LogP contribution in [0.5, 0.6) is 0 Å². The average molecular weight is 466 g/mol. The fourth-order valence-corrected chi connectivity index (χ4v) is 4.70. The topological polar surface area (TPSA) is 94.2 Å². The molecule has 2 aromatic heterocycles. The van der Waals surface area contributed by atoms with Gasteiger partial charge in [-0.3, -0.25) is 4.79 Å². The highest BCUT2D eigenvalue weighted by Gasteiger charge is 2.42. The van der Waals surface area contributed by atoms with Crippen LogP contribution in [0.15, 0.2) is 36.8 Å². The number of amides is 1. The van der Waals surface area contributed by atoms with E-state index in [1.807, 2.05) is 6.92 Å². The molecule has 0 radical (unpaired) electrons. The Hall–Kier alpha value is -3.46. The smallest absolute Gasteiger partial charge is 0.259 e. The Morgan fingerprint density at radius 3 is 2.35 bits per heavy atom. The third kappa shape index (κ3) is 3.90. The number of carbonyl (C=O) groups is 1. The van der Waals surface area contributed by atoms with Crippen molar-refractivity contribution in [2.45, 2.75) is 26.2 Å². The lowest BCUT2D eigenvalue weighted by atomic mass is 9.77. The molecule has 0 unspecified atom stereocenters. The summed E-state index contributed by atoms with van der Waals surface area (Å²) in [5.74, 6) is -2.10. The molecule has 1 aromatic carbocycles. The van der Waals surface area contributed by atoms with Crippen LogP contribution >= 0.6 is 0 Å². The number of pyridine rings is 1. The van der Waals surface area contributed by atoms with Crippen molar-refractivity contribution in [3.8, 4) is 22.4 Å². The maximum Gasteiger partial charge on any atom is 0.259 e. The van der Waals surface area contributed by atoms with Crippen molar-refractivity contribution < 1.29 is 18.3 Å². The van der Waals surface area contributed by atoms with Crippen LogP contribution in [0.3, 0.4) is 0 Å². The van der Waals surface area contributed by atoms with Crippen molar-refractivity contribution in [3.63, 3.8) is 0 Å². The molecule has 5 rings (SSSR count). The lowest BCUT2D eigenvalue weighted by molar-refractivity contribution is -0.136. The largest absolute Gasteiger partial charge is 0.384 e. The Labute approximate surface area is 196 Å². The number of nitrogens with zero attached hydrogens (tertiary/aromatic N) is 4. The molecule has 0 bridgehead atoms. The zero-order valence-electron chi connectivity index (χ0n) is 18.9. The molecule has 34 heavy (non-hydrogen) atoms. The third-order valence-corrected chi connectivity index (χ3v) is 6.79. The number of anilines is 1. The molecule has 0 saturated carbocycles. The zero-order valence-corrected chi connectivity index (χ0v) is 18.9. The van der Waals surface area contributed by atoms with Gasteiger partial charge < -0.3 is 15.4 Å². The molecule has 2 N–H and O–H groups in total. The molecule has 9 heteroatoms. The Morgan fingerprint density at radius 2 is 1.79 bits per heavy atom. The SMILES string of the molecule is CCc1ncnc(-c2cc(F)c(C(=O)N3CCC4(CC3)COC4)c(F)c2)c1-c1ccc(N)nc1. The van der Waals surface area contributed by atoms with Gasteiger partial charge in [-0.2, -0.15) is 0 Å². The maximum absolute atomic E-state index is 15.2. The van der Waals surface area contributed by atoms with E-state index in [4.69, 9.17) is 10.5 Å². The van der Waals surface area contributed by atoms with Gasteiger partial charge in [0.05, 0.1) is 24.6 Å². The first-order chi connectivity index (χ1) is 16.4. The van der Waals surface area contributed by atoms with E-state index < -0.39 is 23.1 Å². The summed E-state index contributed by atoms with van der Waals surface area (Å²) in [5, 5.41) is 0. The molecular weight excluding hydrogens is 440 g/mol. The van der Waals surface area contributed by atoms with Crippen molar-refractivity contribution >= 4 is 11.7 Å². The van der Waals surface area contributed by atoms with Crippen molar-refractivity contribution in [2.24, 2.45) is 5.41 Å². The molecule has 4 heterocycles. The van der Waals surface area contributed by atoms with Crippen molar-refractivity contribution in [1.29, 1.82) is 0 Å². The number of likely N-dealkylation sites (tertiary alicyclic amines) is 1. The van der Waals surface area contributed by atoms with Crippen LogP contribution in [0.4, 0.5) is 14.6 Å². The highest BCUT2D eigenvalue weighted by Crippen LogP contribution is 2.39. The van der Waals surface area contributed by atoms with E-state index in [2.05, 4.69) is 15.0 Å². The van der Waals surface area contributed by atoms with Crippen molar-refractivity contribution in [2.75, 3.05) is 32.0 Å². The van der Waals surface area contributed by atoms with E-state index in [0.29, 0.717) is 61.1 Å². The summed E-state index contributed by atoms with van der Waals surface area (Å²) >= 11 is 0. The number of benzene rings is 1. The number of ether oxygens (including phenoxy) is 1. The number of rotatable bonds is 4. The lowest BCUT2D eigenvalue weighted by Gasteiger charge is -2.47. The highest BCUT2D eigenvalue weighted by atomic mass is 19.1. The van der Waals surface area contributed by atoms with E-state index in [0.717, 1.165) is 25.0 Å². The Kier molecular flexibility index (Phi) is 5.73. The number of carbonyl (C=O) groups excluding carboxylic acids is 1. The van der Waals surface area contributed by atoms with Gasteiger partial charge in [0, 0.05) is 41.4 Å². The van der Waals surface area contributed by atoms with E-state index in [9.17, 15) is 4.79 Å². The van der Waals surface area contributed by atoms with Gasteiger partial charge in [0.2, 0.25) is 0 Å². The molecule has 1 amide bonds. The first-order valence-electron chi connectivity index (χ1n) is 11.3. The van der Waals surface area contributed by atoms with Crippen LogP contribution in [-0.4, -0.2) is 52.1 Å². The van der Waals surface area contributed by atoms with Crippen LogP contribution in [0.1, 0.15) is 35.8 Å². The van der Waals surface area contributed by atoms with E-state index in [1.54, 1.807) is 18.3 Å². The first kappa shape index (κ1) is 22.3. The number of halogens is 2. The number of hydrogen-bond acceptors (Lipinski definition) is 6. The second kappa shape index (κ2) is 8.72. The van der Waals surface area contributed by atoms with Gasteiger partial charge in [-0.05, 0) is 43.5 Å². The number of nitrogens with two attached hydrogens (primary N) is 1. The summed E-state index contributed by atoms with van der Waals surface area (Å²) < 4.78 is 35.8. The Balaban J connectivity index is 1.50. The zero-order chi connectivity index (χ0) is 23.9. The minimum atomic E-state index is -0.912. The molecular formula is C25H25F2N5O2. The summed E-state index contributed by atoms with van der Waals surface area (Å²) in [7, 11) is 0. The Morgan fingerprint density at radius 1 is 1.09 bits per heavy atom. The van der Waals surface area contributed by atoms with E-state index in [-0.39, 0.29) is 11.0 Å². The summed E-state index contributed by atoms with van der Waals surface area (Å²) in [6.45, 7) is 4.24. The summed E-state index contributed by atoms with van der Waals surface area (Å²) in [6.07, 6.45) is 5.08. The molecule has 2 aliphatic rings. The first-order valence-corrected chi connectivity index (χ1v) is 11.3. The van der Waals surface area contributed by atoms with Crippen LogP contribution in [-0.2, 0) is 11.2 Å². The van der Waals surface area contributed by atoms with Crippen LogP contribution in [0.2, 0.25) is 0 Å². The average Bonchev–Trinajstić information content (AvgIpc) is 2.82. The number of aromatic nitrogens is 3. The molecule has 176 valence electrons. The minimum Gasteiger partial charge on any atom is -0.384 e. The number of aryl methyl sites for hydroxylation is 1. The standard InChI is InChI=1S/C25H25F2N5O2/c1-2-19-21(15-3-4-20(28)29-11-15)23(31-14-30-19)16-9-17(26)22(18(27)10-16)24(33)32-7-5-25(6-8-32)12-34-13-25/h3-4,9-11,14H,2,5-8,12-13H2,1H3,(H2,28,29). The molecule has 2 aliphatic heterocycles. The molecule has 2 fully saturated rings. The fraction of sp³-hybridized carbons (Fsp3) is 0.360. The predicted molar refractivity (Wildman–Crippen MR) is 123 cm³/mol. The van der Waals surface area contributed by atoms with Gasteiger partial charge in [0.25, 0.3) is 5.91 Å². The normalized spacial score (nSPS) is 17.0. The molecule has 7 nitrogen and oxygen atoms in total. The molecule has 0 atom stereocenters. The van der Waals surface area contributed by atoms with Gasteiger partial charge in [0.15, 0.2) is 0 Å². The predicted octanol–water partition coefficient (Wildman–Crippen LogP) is 3.88. The molecule has 3 aromatic rings. The Bertz CT molecular complexity index is 1210. The molecule has 0 aliphatic carbocycles. The monoisotopic (exact) mass is 465 g/mol. The van der Waals surface area contributed by atoms with Gasteiger partial charge in [0.1, 0.15) is 29.3 Å². The number of hydrogen-bond donors (Lipinski definition) is 1.